The van der Waals surface area contributed by atoms with Crippen LogP contribution in [0.4, 0.5) is 0 Å². The third-order valence-corrected chi connectivity index (χ3v) is 5.58. The van der Waals surface area contributed by atoms with Gasteiger partial charge in [0.15, 0.2) is 0 Å². The zero-order valence-corrected chi connectivity index (χ0v) is 17.1. The Hall–Kier alpha value is -3.03. The molecule has 8 nitrogen and oxygen atoms in total. The Labute approximate surface area is 169 Å². The van der Waals surface area contributed by atoms with Crippen LogP contribution in [0.2, 0.25) is 0 Å². The van der Waals surface area contributed by atoms with E-state index in [-0.39, 0.29) is 5.91 Å². The van der Waals surface area contributed by atoms with Gasteiger partial charge in [0.25, 0.3) is 5.91 Å². The summed E-state index contributed by atoms with van der Waals surface area (Å²) in [5.74, 6) is 1.28. The number of amides is 1. The van der Waals surface area contributed by atoms with Gasteiger partial charge in [-0.25, -0.2) is 9.97 Å². The first-order valence-corrected chi connectivity index (χ1v) is 10.0. The molecule has 0 saturated carbocycles. The Balaban J connectivity index is 1.42. The maximum atomic E-state index is 12.7. The number of carbonyl (C=O) groups is 1. The van der Waals surface area contributed by atoms with Crippen LogP contribution in [0, 0.1) is 19.8 Å². The Kier molecular flexibility index (Phi) is 5.42. The van der Waals surface area contributed by atoms with Gasteiger partial charge in [0.2, 0.25) is 0 Å². The highest BCUT2D eigenvalue weighted by Crippen LogP contribution is 2.27. The fourth-order valence-corrected chi connectivity index (χ4v) is 4.05. The van der Waals surface area contributed by atoms with Crippen molar-refractivity contribution in [2.45, 2.75) is 39.5 Å². The largest absolute Gasteiger partial charge is 0.361 e. The molecule has 0 spiro atoms. The number of hydrogen-bond donors (Lipinski definition) is 0. The molecule has 8 heteroatoms. The lowest BCUT2D eigenvalue weighted by atomic mass is 9.94. The first kappa shape index (κ1) is 19.3. The highest BCUT2D eigenvalue weighted by atomic mass is 16.5. The average Bonchev–Trinajstić information content (AvgIpc) is 3.20. The summed E-state index contributed by atoms with van der Waals surface area (Å²) in [7, 11) is 1.83. The zero-order chi connectivity index (χ0) is 20.4. The Bertz CT molecular complexity index is 989. The van der Waals surface area contributed by atoms with E-state index in [2.05, 4.69) is 20.2 Å². The van der Waals surface area contributed by atoms with Crippen molar-refractivity contribution in [3.8, 4) is 11.3 Å². The van der Waals surface area contributed by atoms with Crippen LogP contribution >= 0.6 is 0 Å². The summed E-state index contributed by atoms with van der Waals surface area (Å²) in [5.41, 5.74) is 4.18. The number of rotatable bonds is 4. The molecule has 4 heterocycles. The van der Waals surface area contributed by atoms with E-state index in [0.29, 0.717) is 11.6 Å². The molecule has 1 unspecified atom stereocenters. The molecule has 1 aliphatic rings. The third kappa shape index (κ3) is 4.21. The van der Waals surface area contributed by atoms with Crippen molar-refractivity contribution in [3.05, 3.63) is 47.5 Å². The lowest BCUT2D eigenvalue weighted by molar-refractivity contribution is 0.0753. The van der Waals surface area contributed by atoms with E-state index in [4.69, 9.17) is 4.52 Å². The van der Waals surface area contributed by atoms with Gasteiger partial charge in [-0.3, -0.25) is 9.48 Å². The van der Waals surface area contributed by atoms with Gasteiger partial charge in [-0.1, -0.05) is 5.16 Å². The van der Waals surface area contributed by atoms with Gasteiger partial charge in [0.05, 0.1) is 17.0 Å². The first-order valence-electron chi connectivity index (χ1n) is 10.0. The monoisotopic (exact) mass is 394 g/mol. The van der Waals surface area contributed by atoms with E-state index in [1.54, 1.807) is 23.3 Å². The molecule has 1 saturated heterocycles. The van der Waals surface area contributed by atoms with Gasteiger partial charge >= 0.3 is 0 Å². The minimum absolute atomic E-state index is 0.0222. The Morgan fingerprint density at radius 2 is 2.10 bits per heavy atom. The summed E-state index contributed by atoms with van der Waals surface area (Å²) in [6.45, 7) is 5.35. The van der Waals surface area contributed by atoms with Gasteiger partial charge in [0, 0.05) is 32.0 Å². The van der Waals surface area contributed by atoms with Crippen molar-refractivity contribution < 1.29 is 9.32 Å². The number of hydrogen-bond acceptors (Lipinski definition) is 6. The summed E-state index contributed by atoms with van der Waals surface area (Å²) >= 11 is 0. The molecule has 1 atom stereocenters. The number of likely N-dealkylation sites (tertiary alicyclic amines) is 1. The summed E-state index contributed by atoms with van der Waals surface area (Å²) in [6.07, 6.45) is 7.33. The van der Waals surface area contributed by atoms with Crippen LogP contribution in [0.3, 0.4) is 0 Å². The van der Waals surface area contributed by atoms with Crippen LogP contribution < -0.4 is 0 Å². The van der Waals surface area contributed by atoms with Gasteiger partial charge in [-0.15, -0.1) is 0 Å². The molecule has 0 N–H and O–H groups in total. The van der Waals surface area contributed by atoms with E-state index in [0.717, 1.165) is 67.2 Å². The van der Waals surface area contributed by atoms with Crippen LogP contribution in [0.1, 0.15) is 46.9 Å². The van der Waals surface area contributed by atoms with Gasteiger partial charge in [-0.05, 0) is 57.6 Å². The molecule has 4 rings (SSSR count). The van der Waals surface area contributed by atoms with E-state index < -0.39 is 0 Å². The molecule has 1 aliphatic heterocycles. The summed E-state index contributed by atoms with van der Waals surface area (Å²) < 4.78 is 6.94. The molecule has 1 amide bonds. The van der Waals surface area contributed by atoms with E-state index in [1.807, 2.05) is 31.9 Å². The molecule has 0 aliphatic carbocycles. The molecular formula is C21H26N6O2. The van der Waals surface area contributed by atoms with Crippen LogP contribution in [0.25, 0.3) is 11.3 Å². The topological polar surface area (TPSA) is 89.9 Å². The van der Waals surface area contributed by atoms with Crippen molar-refractivity contribution in [2.24, 2.45) is 13.0 Å². The lowest BCUT2D eigenvalue weighted by Crippen LogP contribution is -2.32. The number of aryl methyl sites for hydroxylation is 3. The van der Waals surface area contributed by atoms with Gasteiger partial charge < -0.3 is 9.42 Å². The summed E-state index contributed by atoms with van der Waals surface area (Å²) in [4.78, 5) is 23.5. The summed E-state index contributed by atoms with van der Waals surface area (Å²) in [6, 6.07) is 3.82. The van der Waals surface area contributed by atoms with Crippen molar-refractivity contribution in [1.82, 2.24) is 29.8 Å². The second-order valence-electron chi connectivity index (χ2n) is 7.76. The van der Waals surface area contributed by atoms with Crippen LogP contribution in [0.5, 0.6) is 0 Å². The predicted octanol–water partition coefficient (Wildman–Crippen LogP) is 2.97. The molecule has 0 radical (unpaired) electrons. The fraction of sp³-hybridized carbons (Fsp3) is 0.476. The van der Waals surface area contributed by atoms with Crippen molar-refractivity contribution in [3.63, 3.8) is 0 Å². The highest BCUT2D eigenvalue weighted by molar-refractivity contribution is 5.92. The maximum Gasteiger partial charge on any atom is 0.274 e. The lowest BCUT2D eigenvalue weighted by Gasteiger charge is -2.19. The van der Waals surface area contributed by atoms with Crippen molar-refractivity contribution >= 4 is 5.91 Å². The Morgan fingerprint density at radius 3 is 2.83 bits per heavy atom. The molecule has 1 fully saturated rings. The molecule has 0 aromatic carbocycles. The maximum absolute atomic E-state index is 12.7. The number of nitrogens with zero attached hydrogens (tertiary/aromatic N) is 6. The molecule has 3 aromatic rings. The molecule has 29 heavy (non-hydrogen) atoms. The van der Waals surface area contributed by atoms with Crippen LogP contribution in [0.15, 0.2) is 29.2 Å². The quantitative estimate of drug-likeness (QED) is 0.676. The van der Waals surface area contributed by atoms with Crippen molar-refractivity contribution in [2.75, 3.05) is 13.1 Å². The molecule has 152 valence electrons. The summed E-state index contributed by atoms with van der Waals surface area (Å²) in [5, 5.41) is 8.27. The van der Waals surface area contributed by atoms with Crippen LogP contribution in [-0.2, 0) is 13.5 Å². The second-order valence-corrected chi connectivity index (χ2v) is 7.76. The van der Waals surface area contributed by atoms with Gasteiger partial charge in [0.1, 0.15) is 17.8 Å². The number of aromatic nitrogens is 5. The van der Waals surface area contributed by atoms with E-state index >= 15 is 0 Å². The third-order valence-electron chi connectivity index (χ3n) is 5.58. The highest BCUT2D eigenvalue weighted by Gasteiger charge is 2.23. The van der Waals surface area contributed by atoms with E-state index in [9.17, 15) is 4.79 Å². The van der Waals surface area contributed by atoms with Crippen LogP contribution in [-0.4, -0.2) is 48.8 Å². The van der Waals surface area contributed by atoms with Gasteiger partial charge in [-0.2, -0.15) is 5.10 Å². The fourth-order valence-electron chi connectivity index (χ4n) is 4.05. The van der Waals surface area contributed by atoms with Crippen molar-refractivity contribution in [1.29, 1.82) is 0 Å². The second kappa shape index (κ2) is 8.14. The zero-order valence-electron chi connectivity index (χ0n) is 17.1. The minimum atomic E-state index is 0.0222. The smallest absolute Gasteiger partial charge is 0.274 e. The SMILES string of the molecule is Cc1noc(C)c1-c1cc(CC2CCCN(C(=O)c3ccn(C)n3)CC2)ncn1. The van der Waals surface area contributed by atoms with E-state index in [1.165, 1.54) is 0 Å². The average molecular weight is 394 g/mol. The first-order chi connectivity index (χ1) is 14.0. The molecule has 0 bridgehead atoms. The number of carbonyl (C=O) groups excluding carboxylic acids is 1. The standard InChI is InChI=1S/C21H26N6O2/c1-14-20(15(2)29-25-14)19-12-17(22-13-23-19)11-16-5-4-8-27(10-6-16)21(28)18-7-9-26(3)24-18/h7,9,12-13,16H,4-6,8,10-11H2,1-3H3. The Morgan fingerprint density at radius 1 is 1.24 bits per heavy atom. The normalized spacial score (nSPS) is 17.3. The predicted molar refractivity (Wildman–Crippen MR) is 107 cm³/mol. The molecule has 3 aromatic heterocycles. The minimum Gasteiger partial charge on any atom is -0.361 e. The molecular weight excluding hydrogens is 368 g/mol.